The molecule has 1 amide bonds. The molecule has 3 aromatic rings. The minimum Gasteiger partial charge on any atom is -0.351 e. The highest BCUT2D eigenvalue weighted by atomic mass is 32.2. The van der Waals surface area contributed by atoms with Crippen molar-refractivity contribution in [1.29, 1.82) is 0 Å². The molecule has 4 nitrogen and oxygen atoms in total. The van der Waals surface area contributed by atoms with E-state index in [1.54, 1.807) is 0 Å². The number of benzene rings is 2. The van der Waals surface area contributed by atoms with Crippen LogP contribution in [0.15, 0.2) is 59.6 Å². The fourth-order valence-electron chi connectivity index (χ4n) is 2.67. The van der Waals surface area contributed by atoms with Gasteiger partial charge in [-0.1, -0.05) is 66.4 Å². The maximum atomic E-state index is 12.4. The number of amides is 1. The summed E-state index contributed by atoms with van der Waals surface area (Å²) in [4.78, 5) is 12.4. The Morgan fingerprint density at radius 1 is 0.962 bits per heavy atom. The molecule has 1 N–H and O–H groups in total. The van der Waals surface area contributed by atoms with Gasteiger partial charge in [0.15, 0.2) is 0 Å². The first kappa shape index (κ1) is 18.4. The molecule has 2 aromatic carbocycles. The molecule has 0 fully saturated rings. The average Bonchev–Trinajstić information content (AvgIpc) is 2.61. The second-order valence-corrected chi connectivity index (χ2v) is 8.59. The van der Waals surface area contributed by atoms with Crippen molar-refractivity contribution >= 4 is 28.4 Å². The van der Waals surface area contributed by atoms with Crippen LogP contribution in [-0.2, 0) is 4.79 Å². The molecule has 0 aliphatic heterocycles. The zero-order valence-electron chi connectivity index (χ0n) is 15.5. The summed E-state index contributed by atoms with van der Waals surface area (Å²) in [6, 6.07) is 18.1. The lowest BCUT2D eigenvalue weighted by atomic mass is 10.1. The molecule has 1 aromatic heterocycles. The lowest BCUT2D eigenvalue weighted by Crippen LogP contribution is -2.44. The van der Waals surface area contributed by atoms with Crippen LogP contribution in [0.5, 0.6) is 0 Å². The summed E-state index contributed by atoms with van der Waals surface area (Å²) >= 11 is 1.44. The quantitative estimate of drug-likeness (QED) is 0.681. The van der Waals surface area contributed by atoms with Gasteiger partial charge in [0.25, 0.3) is 0 Å². The molecule has 0 aliphatic rings. The van der Waals surface area contributed by atoms with Gasteiger partial charge < -0.3 is 5.32 Å². The molecule has 3 rings (SSSR count). The molecule has 0 bridgehead atoms. The number of nitrogens with one attached hydrogen (secondary N) is 1. The molecular weight excluding hydrogens is 342 g/mol. The Hall–Kier alpha value is -2.40. The lowest BCUT2D eigenvalue weighted by molar-refractivity contribution is -0.121. The van der Waals surface area contributed by atoms with Crippen molar-refractivity contribution in [3.05, 3.63) is 54.6 Å². The summed E-state index contributed by atoms with van der Waals surface area (Å²) < 4.78 is 0. The first-order chi connectivity index (χ1) is 12.3. The number of hydrogen-bond acceptors (Lipinski definition) is 4. The van der Waals surface area contributed by atoms with Gasteiger partial charge in [-0.25, -0.2) is 0 Å². The van der Waals surface area contributed by atoms with Crippen LogP contribution in [0.1, 0.15) is 27.7 Å². The molecule has 0 unspecified atom stereocenters. The molecule has 134 valence electrons. The standard InChI is InChI=1S/C21H23N3OS/c1-14(19(25)22-21(2,3)4)26-20-17-13-9-8-12-16(17)18(23-24-20)15-10-6-5-7-11-15/h5-14H,1-4H3,(H,22,25)/t14-/m1/s1. The first-order valence-electron chi connectivity index (χ1n) is 8.65. The van der Waals surface area contributed by atoms with Crippen LogP contribution in [0.25, 0.3) is 22.0 Å². The van der Waals surface area contributed by atoms with Gasteiger partial charge in [0.2, 0.25) is 5.91 Å². The summed E-state index contributed by atoms with van der Waals surface area (Å²) in [5, 5.41) is 14.5. The van der Waals surface area contributed by atoms with E-state index in [2.05, 4.69) is 21.6 Å². The normalized spacial score (nSPS) is 12.8. The molecule has 0 radical (unpaired) electrons. The molecule has 5 heteroatoms. The first-order valence-corrected chi connectivity index (χ1v) is 9.52. The van der Waals surface area contributed by atoms with Crippen LogP contribution < -0.4 is 5.32 Å². The van der Waals surface area contributed by atoms with Crippen molar-refractivity contribution in [2.24, 2.45) is 0 Å². The number of carbonyl (C=O) groups excluding carboxylic acids is 1. The van der Waals surface area contributed by atoms with Crippen molar-refractivity contribution in [1.82, 2.24) is 15.5 Å². The van der Waals surface area contributed by atoms with E-state index in [1.807, 2.05) is 76.2 Å². The zero-order valence-corrected chi connectivity index (χ0v) is 16.3. The fraction of sp³-hybridized carbons (Fsp3) is 0.286. The molecule has 1 heterocycles. The number of carbonyl (C=O) groups is 1. The van der Waals surface area contributed by atoms with Crippen LogP contribution in [-0.4, -0.2) is 26.9 Å². The Labute approximate surface area is 158 Å². The van der Waals surface area contributed by atoms with Crippen molar-refractivity contribution in [2.45, 2.75) is 43.5 Å². The van der Waals surface area contributed by atoms with Crippen molar-refractivity contribution < 1.29 is 4.79 Å². The third kappa shape index (κ3) is 4.22. The van der Waals surface area contributed by atoms with E-state index in [1.165, 1.54) is 11.8 Å². The highest BCUT2D eigenvalue weighted by molar-refractivity contribution is 8.00. The van der Waals surface area contributed by atoms with Gasteiger partial charge in [-0.05, 0) is 27.7 Å². The van der Waals surface area contributed by atoms with Gasteiger partial charge in [-0.2, -0.15) is 0 Å². The van der Waals surface area contributed by atoms with Gasteiger partial charge in [0.05, 0.1) is 5.25 Å². The number of aromatic nitrogens is 2. The van der Waals surface area contributed by atoms with Crippen LogP contribution in [0, 0.1) is 0 Å². The smallest absolute Gasteiger partial charge is 0.233 e. The minimum absolute atomic E-state index is 0.000479. The minimum atomic E-state index is -0.255. The van der Waals surface area contributed by atoms with Gasteiger partial charge in [0.1, 0.15) is 10.7 Å². The lowest BCUT2D eigenvalue weighted by Gasteiger charge is -2.23. The third-order valence-electron chi connectivity index (χ3n) is 3.86. The second-order valence-electron chi connectivity index (χ2n) is 7.26. The molecule has 0 saturated heterocycles. The number of thioether (sulfide) groups is 1. The SMILES string of the molecule is C[C@@H](Sc1nnc(-c2ccccc2)c2ccccc12)C(=O)NC(C)(C)C. The van der Waals surface area contributed by atoms with E-state index in [0.717, 1.165) is 27.1 Å². The van der Waals surface area contributed by atoms with Crippen molar-refractivity contribution in [3.8, 4) is 11.3 Å². The predicted molar refractivity (Wildman–Crippen MR) is 108 cm³/mol. The Kier molecular flexibility index (Phi) is 5.28. The number of fused-ring (bicyclic) bond motifs is 1. The van der Waals surface area contributed by atoms with Crippen LogP contribution >= 0.6 is 11.8 Å². The van der Waals surface area contributed by atoms with E-state index in [0.29, 0.717) is 0 Å². The molecular formula is C21H23N3OS. The van der Waals surface area contributed by atoms with Crippen LogP contribution in [0.3, 0.4) is 0 Å². The van der Waals surface area contributed by atoms with E-state index in [9.17, 15) is 4.79 Å². The summed E-state index contributed by atoms with van der Waals surface area (Å²) in [6.45, 7) is 7.83. The Bertz CT molecular complexity index is 919. The molecule has 1 atom stereocenters. The highest BCUT2D eigenvalue weighted by Crippen LogP contribution is 2.33. The second kappa shape index (κ2) is 7.46. The summed E-state index contributed by atoms with van der Waals surface area (Å²) in [7, 11) is 0. The predicted octanol–water partition coefficient (Wildman–Crippen LogP) is 4.69. The largest absolute Gasteiger partial charge is 0.351 e. The maximum absolute atomic E-state index is 12.4. The van der Waals surface area contributed by atoms with Gasteiger partial charge >= 0.3 is 0 Å². The topological polar surface area (TPSA) is 54.9 Å². The maximum Gasteiger partial charge on any atom is 0.233 e. The molecule has 0 spiro atoms. The Morgan fingerprint density at radius 3 is 2.23 bits per heavy atom. The summed E-state index contributed by atoms with van der Waals surface area (Å²) in [5.41, 5.74) is 1.64. The molecule has 0 saturated carbocycles. The van der Waals surface area contributed by atoms with Crippen LogP contribution in [0.4, 0.5) is 0 Å². The molecule has 0 aliphatic carbocycles. The number of hydrogen-bond donors (Lipinski definition) is 1. The van der Waals surface area contributed by atoms with Crippen LogP contribution in [0.2, 0.25) is 0 Å². The van der Waals surface area contributed by atoms with E-state index in [4.69, 9.17) is 0 Å². The van der Waals surface area contributed by atoms with E-state index < -0.39 is 0 Å². The van der Waals surface area contributed by atoms with Crippen molar-refractivity contribution in [3.63, 3.8) is 0 Å². The third-order valence-corrected chi connectivity index (χ3v) is 4.95. The average molecular weight is 366 g/mol. The van der Waals surface area contributed by atoms with Gasteiger partial charge in [-0.3, -0.25) is 4.79 Å². The highest BCUT2D eigenvalue weighted by Gasteiger charge is 2.22. The number of rotatable bonds is 4. The van der Waals surface area contributed by atoms with Gasteiger partial charge in [-0.15, -0.1) is 10.2 Å². The van der Waals surface area contributed by atoms with Gasteiger partial charge in [0, 0.05) is 21.9 Å². The zero-order chi connectivity index (χ0) is 18.7. The van der Waals surface area contributed by atoms with E-state index >= 15 is 0 Å². The number of nitrogens with zero attached hydrogens (tertiary/aromatic N) is 2. The Balaban J connectivity index is 1.95. The molecule has 26 heavy (non-hydrogen) atoms. The monoisotopic (exact) mass is 365 g/mol. The fourth-order valence-corrected chi connectivity index (χ4v) is 3.56. The van der Waals surface area contributed by atoms with E-state index in [-0.39, 0.29) is 16.7 Å². The Morgan fingerprint density at radius 2 is 1.58 bits per heavy atom. The summed E-state index contributed by atoms with van der Waals surface area (Å²) in [5.74, 6) is 0.000479. The van der Waals surface area contributed by atoms with Crippen molar-refractivity contribution in [2.75, 3.05) is 0 Å². The summed E-state index contributed by atoms with van der Waals surface area (Å²) in [6.07, 6.45) is 0.